The molecule has 4 heteroatoms. The van der Waals surface area contributed by atoms with E-state index in [9.17, 15) is 4.79 Å². The Balaban J connectivity index is 2.18. The van der Waals surface area contributed by atoms with Crippen LogP contribution in [-0.2, 0) is 11.2 Å². The Hall–Kier alpha value is -2.25. The first-order valence-electron chi connectivity index (χ1n) is 6.63. The van der Waals surface area contributed by atoms with Crippen molar-refractivity contribution in [3.63, 3.8) is 0 Å². The zero-order valence-corrected chi connectivity index (χ0v) is 12.2. The molecule has 1 unspecified atom stereocenters. The molecule has 0 aliphatic rings. The summed E-state index contributed by atoms with van der Waals surface area (Å²) in [6, 6.07) is 18.0. The average Bonchev–Trinajstić information content (AvgIpc) is 2.52. The van der Waals surface area contributed by atoms with E-state index in [-0.39, 0.29) is 0 Å². The predicted octanol–water partition coefficient (Wildman–Crippen LogP) is 3.95. The number of carbonyl (C=O) groups is 1. The molecule has 1 atom stereocenters. The molecule has 106 valence electrons. The van der Waals surface area contributed by atoms with Crippen LogP contribution in [0.2, 0.25) is 0 Å². The van der Waals surface area contributed by atoms with Gasteiger partial charge in [-0.1, -0.05) is 54.6 Å². The molecule has 0 saturated carbocycles. The monoisotopic (exact) mass is 297 g/mol. The molecule has 0 spiro atoms. The lowest BCUT2D eigenvalue weighted by Gasteiger charge is -2.12. The Morgan fingerprint density at radius 2 is 1.81 bits per heavy atom. The number of hydrogen-bond donors (Lipinski definition) is 1. The van der Waals surface area contributed by atoms with Crippen molar-refractivity contribution in [3.8, 4) is 16.5 Å². The van der Waals surface area contributed by atoms with Crippen molar-refractivity contribution in [2.45, 2.75) is 18.1 Å². The number of rotatable bonds is 6. The normalized spacial score (nSPS) is 11.6. The van der Waals surface area contributed by atoms with Gasteiger partial charge < -0.3 is 5.11 Å². The van der Waals surface area contributed by atoms with Crippen LogP contribution >= 0.6 is 11.8 Å². The van der Waals surface area contributed by atoms with Crippen molar-refractivity contribution in [1.29, 1.82) is 5.26 Å². The van der Waals surface area contributed by atoms with Gasteiger partial charge >= 0.3 is 5.97 Å². The second-order valence-corrected chi connectivity index (χ2v) is 5.59. The fourth-order valence-corrected chi connectivity index (χ4v) is 2.68. The summed E-state index contributed by atoms with van der Waals surface area (Å²) in [5.41, 5.74) is 3.34. The molecule has 3 nitrogen and oxygen atoms in total. The van der Waals surface area contributed by atoms with Crippen LogP contribution in [0.3, 0.4) is 0 Å². The van der Waals surface area contributed by atoms with Crippen molar-refractivity contribution >= 4 is 17.7 Å². The predicted molar refractivity (Wildman–Crippen MR) is 84.8 cm³/mol. The SMILES string of the molecule is N#CSC(CCc1ccccc1-c1ccccc1)C(=O)O. The van der Waals surface area contributed by atoms with Crippen LogP contribution in [0.4, 0.5) is 0 Å². The van der Waals surface area contributed by atoms with E-state index in [2.05, 4.69) is 0 Å². The molecular formula is C17H15NO2S. The fraction of sp³-hybridized carbons (Fsp3) is 0.176. The van der Waals surface area contributed by atoms with Gasteiger partial charge in [0.2, 0.25) is 0 Å². The Morgan fingerprint density at radius 3 is 2.48 bits per heavy atom. The van der Waals surface area contributed by atoms with Crippen molar-refractivity contribution in [3.05, 3.63) is 60.2 Å². The zero-order valence-electron chi connectivity index (χ0n) is 11.4. The van der Waals surface area contributed by atoms with Crippen molar-refractivity contribution in [2.24, 2.45) is 0 Å². The van der Waals surface area contributed by atoms with E-state index < -0.39 is 11.2 Å². The number of carboxylic acid groups (broad SMARTS) is 1. The van der Waals surface area contributed by atoms with Gasteiger partial charge in [-0.15, -0.1) is 0 Å². The summed E-state index contributed by atoms with van der Waals surface area (Å²) in [6.07, 6.45) is 1.08. The second kappa shape index (κ2) is 7.51. The second-order valence-electron chi connectivity index (χ2n) is 4.60. The van der Waals surface area contributed by atoms with E-state index in [4.69, 9.17) is 10.4 Å². The number of thioether (sulfide) groups is 1. The molecule has 2 aromatic carbocycles. The van der Waals surface area contributed by atoms with E-state index in [1.165, 1.54) is 0 Å². The van der Waals surface area contributed by atoms with Gasteiger partial charge in [-0.3, -0.25) is 4.79 Å². The van der Waals surface area contributed by atoms with Crippen LogP contribution in [0, 0.1) is 10.7 Å². The molecule has 0 aromatic heterocycles. The smallest absolute Gasteiger partial charge is 0.317 e. The Morgan fingerprint density at radius 1 is 1.14 bits per heavy atom. The lowest BCUT2D eigenvalue weighted by molar-refractivity contribution is -0.136. The van der Waals surface area contributed by atoms with Crippen molar-refractivity contribution < 1.29 is 9.90 Å². The molecule has 0 bridgehead atoms. The minimum absolute atomic E-state index is 0.442. The van der Waals surface area contributed by atoms with Gasteiger partial charge in [0.15, 0.2) is 0 Å². The molecule has 0 radical (unpaired) electrons. The fourth-order valence-electron chi connectivity index (χ4n) is 2.22. The largest absolute Gasteiger partial charge is 0.480 e. The van der Waals surface area contributed by atoms with Gasteiger partial charge in [-0.2, -0.15) is 5.26 Å². The summed E-state index contributed by atoms with van der Waals surface area (Å²) >= 11 is 0.811. The number of carboxylic acids is 1. The van der Waals surface area contributed by atoms with Crippen LogP contribution in [0.25, 0.3) is 11.1 Å². The Labute approximate surface area is 128 Å². The highest BCUT2D eigenvalue weighted by molar-refractivity contribution is 8.04. The van der Waals surface area contributed by atoms with Gasteiger partial charge in [-0.05, 0) is 41.3 Å². The van der Waals surface area contributed by atoms with E-state index in [1.807, 2.05) is 60.0 Å². The summed E-state index contributed by atoms with van der Waals surface area (Å²) < 4.78 is 0. The molecule has 0 heterocycles. The quantitative estimate of drug-likeness (QED) is 0.820. The standard InChI is InChI=1S/C17H15NO2S/c18-12-21-16(17(19)20)11-10-14-8-4-5-9-15(14)13-6-2-1-3-7-13/h1-9,16H,10-11H2,(H,19,20). The van der Waals surface area contributed by atoms with Crippen LogP contribution in [0.5, 0.6) is 0 Å². The summed E-state index contributed by atoms with van der Waals surface area (Å²) in [7, 11) is 0. The van der Waals surface area contributed by atoms with Crippen molar-refractivity contribution in [1.82, 2.24) is 0 Å². The third-order valence-electron chi connectivity index (χ3n) is 3.25. The van der Waals surface area contributed by atoms with Crippen LogP contribution < -0.4 is 0 Å². The maximum absolute atomic E-state index is 11.1. The Kier molecular flexibility index (Phi) is 5.42. The molecule has 2 rings (SSSR count). The molecule has 0 amide bonds. The summed E-state index contributed by atoms with van der Waals surface area (Å²) in [5, 5.41) is 18.9. The molecule has 0 aliphatic carbocycles. The minimum Gasteiger partial charge on any atom is -0.480 e. The maximum atomic E-state index is 11.1. The number of thiocyanates is 1. The van der Waals surface area contributed by atoms with Crippen LogP contribution in [0.15, 0.2) is 54.6 Å². The number of benzene rings is 2. The van der Waals surface area contributed by atoms with Gasteiger partial charge in [-0.25, -0.2) is 0 Å². The number of aliphatic carboxylic acids is 1. The van der Waals surface area contributed by atoms with Gasteiger partial charge in [0.25, 0.3) is 0 Å². The first kappa shape index (κ1) is 15.1. The minimum atomic E-state index is -0.932. The molecule has 0 saturated heterocycles. The molecular weight excluding hydrogens is 282 g/mol. The van der Waals surface area contributed by atoms with Crippen molar-refractivity contribution in [2.75, 3.05) is 0 Å². The van der Waals surface area contributed by atoms with Gasteiger partial charge in [0.05, 0.1) is 0 Å². The summed E-state index contributed by atoms with van der Waals surface area (Å²) in [4.78, 5) is 11.1. The lowest BCUT2D eigenvalue weighted by atomic mass is 9.96. The molecule has 0 aliphatic heterocycles. The number of nitrogens with zero attached hydrogens (tertiary/aromatic N) is 1. The van der Waals surface area contributed by atoms with E-state index in [0.29, 0.717) is 12.8 Å². The highest BCUT2D eigenvalue weighted by atomic mass is 32.2. The molecule has 21 heavy (non-hydrogen) atoms. The molecule has 2 aromatic rings. The maximum Gasteiger partial charge on any atom is 0.317 e. The van der Waals surface area contributed by atoms with E-state index in [1.54, 1.807) is 0 Å². The van der Waals surface area contributed by atoms with Crippen LogP contribution in [-0.4, -0.2) is 16.3 Å². The van der Waals surface area contributed by atoms with E-state index in [0.717, 1.165) is 28.5 Å². The van der Waals surface area contributed by atoms with Gasteiger partial charge in [0, 0.05) is 0 Å². The lowest BCUT2D eigenvalue weighted by Crippen LogP contribution is -2.16. The third kappa shape index (κ3) is 4.11. The highest BCUT2D eigenvalue weighted by Gasteiger charge is 2.18. The first-order chi connectivity index (χ1) is 10.2. The summed E-state index contributed by atoms with van der Waals surface area (Å²) in [6.45, 7) is 0. The molecule has 1 N–H and O–H groups in total. The summed E-state index contributed by atoms with van der Waals surface area (Å²) in [5.74, 6) is -0.932. The van der Waals surface area contributed by atoms with Gasteiger partial charge in [0.1, 0.15) is 10.7 Å². The zero-order chi connectivity index (χ0) is 15.1. The topological polar surface area (TPSA) is 61.1 Å². The Bertz CT molecular complexity index is 649. The van der Waals surface area contributed by atoms with Crippen LogP contribution in [0.1, 0.15) is 12.0 Å². The average molecular weight is 297 g/mol. The number of hydrogen-bond acceptors (Lipinski definition) is 3. The number of nitriles is 1. The highest BCUT2D eigenvalue weighted by Crippen LogP contribution is 2.26. The van der Waals surface area contributed by atoms with E-state index >= 15 is 0 Å². The first-order valence-corrected chi connectivity index (χ1v) is 7.51. The third-order valence-corrected chi connectivity index (χ3v) is 4.08. The molecule has 0 fully saturated rings. The number of aryl methyl sites for hydroxylation is 1.